The molecule has 0 aliphatic heterocycles. The van der Waals surface area contributed by atoms with Crippen molar-refractivity contribution in [2.24, 2.45) is 11.1 Å². The number of para-hydroxylation sites is 1. The molecule has 0 aliphatic rings. The van der Waals surface area contributed by atoms with E-state index in [2.05, 4.69) is 10.5 Å². The predicted octanol–water partition coefficient (Wildman–Crippen LogP) is 2.04. The Morgan fingerprint density at radius 2 is 2.11 bits per heavy atom. The monoisotopic (exact) mass is 264 g/mol. The number of ether oxygens (including phenoxy) is 1. The molecule has 2 N–H and O–H groups in total. The standard InChI is InChI=1S/C14H20N2O3/c1-10(2)8-15-14(17)9-19-13-7-5-4-6-12(13)11(3)16-18/h4-7,10,18H,8-9H2,1-3H3,(H,15,17)/b16-11+. The zero-order valence-electron chi connectivity index (χ0n) is 11.5. The van der Waals surface area contributed by atoms with Gasteiger partial charge in [-0.15, -0.1) is 0 Å². The molecule has 5 heteroatoms. The molecule has 5 nitrogen and oxygen atoms in total. The minimum Gasteiger partial charge on any atom is -0.483 e. The fourth-order valence-electron chi connectivity index (χ4n) is 1.46. The number of oxime groups is 1. The highest BCUT2D eigenvalue weighted by atomic mass is 16.5. The van der Waals surface area contributed by atoms with E-state index in [1.54, 1.807) is 25.1 Å². The Labute approximate surface area is 113 Å². The highest BCUT2D eigenvalue weighted by molar-refractivity contribution is 6.00. The van der Waals surface area contributed by atoms with Crippen molar-refractivity contribution < 1.29 is 14.7 Å². The molecule has 0 saturated heterocycles. The summed E-state index contributed by atoms with van der Waals surface area (Å²) in [5.41, 5.74) is 1.11. The lowest BCUT2D eigenvalue weighted by Gasteiger charge is -2.11. The molecule has 0 saturated carbocycles. The van der Waals surface area contributed by atoms with Gasteiger partial charge < -0.3 is 15.3 Å². The average Bonchev–Trinajstić information content (AvgIpc) is 2.42. The van der Waals surface area contributed by atoms with Gasteiger partial charge in [0.2, 0.25) is 0 Å². The van der Waals surface area contributed by atoms with E-state index < -0.39 is 0 Å². The van der Waals surface area contributed by atoms with Gasteiger partial charge in [0.25, 0.3) is 5.91 Å². The van der Waals surface area contributed by atoms with Crippen molar-refractivity contribution in [2.75, 3.05) is 13.2 Å². The Balaban J connectivity index is 2.60. The van der Waals surface area contributed by atoms with Crippen LogP contribution in [0, 0.1) is 5.92 Å². The first-order valence-corrected chi connectivity index (χ1v) is 6.22. The third-order valence-corrected chi connectivity index (χ3v) is 2.49. The lowest BCUT2D eigenvalue weighted by Crippen LogP contribution is -2.31. The highest BCUT2D eigenvalue weighted by Gasteiger charge is 2.09. The number of carbonyl (C=O) groups is 1. The number of hydrogen-bond acceptors (Lipinski definition) is 4. The maximum atomic E-state index is 11.6. The van der Waals surface area contributed by atoms with E-state index in [1.807, 2.05) is 19.9 Å². The van der Waals surface area contributed by atoms with Crippen molar-refractivity contribution in [3.05, 3.63) is 29.8 Å². The number of benzene rings is 1. The van der Waals surface area contributed by atoms with Crippen LogP contribution in [0.25, 0.3) is 0 Å². The summed E-state index contributed by atoms with van der Waals surface area (Å²) in [5, 5.41) is 14.7. The summed E-state index contributed by atoms with van der Waals surface area (Å²) in [6.07, 6.45) is 0. The average molecular weight is 264 g/mol. The number of hydrogen-bond donors (Lipinski definition) is 2. The van der Waals surface area contributed by atoms with Gasteiger partial charge in [-0.05, 0) is 25.0 Å². The molecule has 1 aromatic carbocycles. The molecule has 0 aliphatic carbocycles. The van der Waals surface area contributed by atoms with E-state index in [4.69, 9.17) is 9.94 Å². The number of nitrogens with one attached hydrogen (secondary N) is 1. The summed E-state index contributed by atoms with van der Waals surface area (Å²) >= 11 is 0. The second-order valence-electron chi connectivity index (χ2n) is 4.67. The van der Waals surface area contributed by atoms with Crippen LogP contribution in [-0.2, 0) is 4.79 Å². The quantitative estimate of drug-likeness (QED) is 0.469. The largest absolute Gasteiger partial charge is 0.483 e. The fourth-order valence-corrected chi connectivity index (χ4v) is 1.46. The van der Waals surface area contributed by atoms with Crippen molar-refractivity contribution in [3.63, 3.8) is 0 Å². The summed E-state index contributed by atoms with van der Waals surface area (Å²) in [4.78, 5) is 11.6. The summed E-state index contributed by atoms with van der Waals surface area (Å²) in [6, 6.07) is 7.13. The second kappa shape index (κ2) is 7.41. The highest BCUT2D eigenvalue weighted by Crippen LogP contribution is 2.18. The van der Waals surface area contributed by atoms with Crippen LogP contribution in [0.3, 0.4) is 0 Å². The van der Waals surface area contributed by atoms with Crippen molar-refractivity contribution in [3.8, 4) is 5.75 Å². The molecular formula is C14H20N2O3. The lowest BCUT2D eigenvalue weighted by atomic mass is 10.1. The molecule has 0 unspecified atom stereocenters. The third-order valence-electron chi connectivity index (χ3n) is 2.49. The molecule has 0 bridgehead atoms. The van der Waals surface area contributed by atoms with E-state index >= 15 is 0 Å². The first-order chi connectivity index (χ1) is 9.04. The van der Waals surface area contributed by atoms with E-state index in [-0.39, 0.29) is 12.5 Å². The minimum atomic E-state index is -0.165. The Morgan fingerprint density at radius 3 is 2.74 bits per heavy atom. The third kappa shape index (κ3) is 4.99. The molecule has 0 heterocycles. The van der Waals surface area contributed by atoms with Crippen LogP contribution < -0.4 is 10.1 Å². The van der Waals surface area contributed by atoms with Gasteiger partial charge in [-0.2, -0.15) is 0 Å². The predicted molar refractivity (Wildman–Crippen MR) is 73.8 cm³/mol. The summed E-state index contributed by atoms with van der Waals surface area (Å²) in [7, 11) is 0. The van der Waals surface area contributed by atoms with Crippen LogP contribution in [0.2, 0.25) is 0 Å². The van der Waals surface area contributed by atoms with Gasteiger partial charge in [0.15, 0.2) is 6.61 Å². The van der Waals surface area contributed by atoms with Crippen LogP contribution in [0.4, 0.5) is 0 Å². The van der Waals surface area contributed by atoms with Crippen LogP contribution in [0.15, 0.2) is 29.4 Å². The van der Waals surface area contributed by atoms with Crippen molar-refractivity contribution in [2.45, 2.75) is 20.8 Å². The minimum absolute atomic E-state index is 0.0531. The van der Waals surface area contributed by atoms with E-state index in [9.17, 15) is 4.79 Å². The van der Waals surface area contributed by atoms with Crippen molar-refractivity contribution in [1.82, 2.24) is 5.32 Å². The van der Waals surface area contributed by atoms with E-state index in [1.165, 1.54) is 0 Å². The van der Waals surface area contributed by atoms with Gasteiger partial charge >= 0.3 is 0 Å². The smallest absolute Gasteiger partial charge is 0.257 e. The Morgan fingerprint density at radius 1 is 1.42 bits per heavy atom. The Bertz CT molecular complexity index is 456. The van der Waals surface area contributed by atoms with Gasteiger partial charge in [0.1, 0.15) is 5.75 Å². The zero-order valence-corrected chi connectivity index (χ0v) is 11.5. The molecule has 0 radical (unpaired) electrons. The Kier molecular flexibility index (Phi) is 5.85. The maximum Gasteiger partial charge on any atom is 0.257 e. The van der Waals surface area contributed by atoms with E-state index in [0.29, 0.717) is 29.5 Å². The normalized spacial score (nSPS) is 11.5. The van der Waals surface area contributed by atoms with Crippen molar-refractivity contribution >= 4 is 11.6 Å². The fraction of sp³-hybridized carbons (Fsp3) is 0.429. The first kappa shape index (κ1) is 15.0. The summed E-state index contributed by atoms with van der Waals surface area (Å²) in [5.74, 6) is 0.764. The van der Waals surface area contributed by atoms with Gasteiger partial charge in [-0.25, -0.2) is 0 Å². The first-order valence-electron chi connectivity index (χ1n) is 6.22. The van der Waals surface area contributed by atoms with Gasteiger partial charge in [-0.1, -0.05) is 31.1 Å². The van der Waals surface area contributed by atoms with Gasteiger partial charge in [-0.3, -0.25) is 4.79 Å². The second-order valence-corrected chi connectivity index (χ2v) is 4.67. The molecule has 1 amide bonds. The van der Waals surface area contributed by atoms with Gasteiger partial charge in [0, 0.05) is 12.1 Å². The molecule has 1 aromatic rings. The molecule has 104 valence electrons. The van der Waals surface area contributed by atoms with Crippen molar-refractivity contribution in [1.29, 1.82) is 0 Å². The molecule has 19 heavy (non-hydrogen) atoms. The molecule has 0 fully saturated rings. The van der Waals surface area contributed by atoms with Crippen LogP contribution in [-0.4, -0.2) is 30.0 Å². The summed E-state index contributed by atoms with van der Waals surface area (Å²) < 4.78 is 5.45. The molecule has 0 spiro atoms. The SMILES string of the molecule is C/C(=N\O)c1ccccc1OCC(=O)NCC(C)C. The van der Waals surface area contributed by atoms with Gasteiger partial charge in [0.05, 0.1) is 5.71 Å². The van der Waals surface area contributed by atoms with Crippen LogP contribution in [0.1, 0.15) is 26.3 Å². The van der Waals surface area contributed by atoms with E-state index in [0.717, 1.165) is 0 Å². The molecule has 0 aromatic heterocycles. The number of amides is 1. The lowest BCUT2D eigenvalue weighted by molar-refractivity contribution is -0.123. The number of carbonyl (C=O) groups excluding carboxylic acids is 1. The molecule has 1 rings (SSSR count). The maximum absolute atomic E-state index is 11.6. The van der Waals surface area contributed by atoms with Crippen LogP contribution in [0.5, 0.6) is 5.75 Å². The Hall–Kier alpha value is -2.04. The topological polar surface area (TPSA) is 70.9 Å². The number of rotatable bonds is 6. The number of nitrogens with zero attached hydrogens (tertiary/aromatic N) is 1. The summed E-state index contributed by atoms with van der Waals surface area (Å²) in [6.45, 7) is 6.29. The molecule has 0 atom stereocenters. The zero-order chi connectivity index (χ0) is 14.3. The molecular weight excluding hydrogens is 244 g/mol. The van der Waals surface area contributed by atoms with Crippen LogP contribution >= 0.6 is 0 Å².